The van der Waals surface area contributed by atoms with E-state index < -0.39 is 47.2 Å². The number of hydrogen-bond donors (Lipinski definition) is 2. The first-order chi connectivity index (χ1) is 19.3. The number of carbonyl (C=O) groups excluding carboxylic acids is 1. The molecule has 0 fully saturated rings. The Morgan fingerprint density at radius 3 is 2.54 bits per heavy atom. The van der Waals surface area contributed by atoms with E-state index in [4.69, 9.17) is 21.1 Å². The topological polar surface area (TPSA) is 96.6 Å². The van der Waals surface area contributed by atoms with Gasteiger partial charge in [-0.15, -0.1) is 0 Å². The van der Waals surface area contributed by atoms with Gasteiger partial charge in [0.25, 0.3) is 0 Å². The van der Waals surface area contributed by atoms with Crippen LogP contribution in [0.25, 0.3) is 28.2 Å². The second kappa shape index (κ2) is 11.8. The molecule has 11 heteroatoms. The molecule has 1 amide bonds. The molecule has 0 bridgehead atoms. The fourth-order valence-corrected chi connectivity index (χ4v) is 4.33. The highest BCUT2D eigenvalue weighted by Crippen LogP contribution is 2.37. The van der Waals surface area contributed by atoms with Crippen LogP contribution in [0.2, 0.25) is 5.02 Å². The number of aliphatic carboxylic acids is 1. The average molecular weight is 586 g/mol. The van der Waals surface area contributed by atoms with Gasteiger partial charge in [-0.05, 0) is 53.9 Å². The molecule has 0 spiro atoms. The molecule has 4 rings (SSSR count). The molecule has 0 saturated carbocycles. The minimum absolute atomic E-state index is 0.126. The summed E-state index contributed by atoms with van der Waals surface area (Å²) < 4.78 is 59.3. The predicted molar refractivity (Wildman–Crippen MR) is 147 cm³/mol. The quantitative estimate of drug-likeness (QED) is 0.102. The first-order valence-electron chi connectivity index (χ1n) is 11.9. The van der Waals surface area contributed by atoms with Gasteiger partial charge in [0.15, 0.2) is 0 Å². The number of nitrogens with one attached hydrogen (secondary N) is 1. The molecule has 4 aromatic rings. The predicted octanol–water partition coefficient (Wildman–Crippen LogP) is 7.41. The number of benzene rings is 3. The van der Waals surface area contributed by atoms with Crippen molar-refractivity contribution in [1.29, 1.82) is 0 Å². The fraction of sp³-hybridized carbons (Fsp3) is 0.100. The largest absolute Gasteiger partial charge is 0.478 e. The normalized spacial score (nSPS) is 12.0. The Balaban J connectivity index is 1.82. The maximum absolute atomic E-state index is 13.5. The van der Waals surface area contributed by atoms with Crippen LogP contribution in [0.5, 0.6) is 0 Å². The van der Waals surface area contributed by atoms with E-state index in [0.717, 1.165) is 18.2 Å². The Morgan fingerprint density at radius 2 is 1.83 bits per heavy atom. The molecule has 0 atom stereocenters. The maximum atomic E-state index is 13.5. The average Bonchev–Trinajstić information content (AvgIpc) is 2.89. The van der Waals surface area contributed by atoms with Crippen LogP contribution in [0, 0.1) is 12.7 Å². The molecule has 0 radical (unpaired) electrons. The number of carboxylic acids is 1. The Kier molecular flexibility index (Phi) is 8.44. The molecule has 2 N–H and O–H groups in total. The summed E-state index contributed by atoms with van der Waals surface area (Å²) in [6.45, 7) is 1.73. The van der Waals surface area contributed by atoms with E-state index in [9.17, 15) is 31.9 Å². The summed E-state index contributed by atoms with van der Waals surface area (Å²) in [6, 6.07) is 11.7. The number of aryl methyl sites for hydroxylation is 1. The van der Waals surface area contributed by atoms with Gasteiger partial charge >= 0.3 is 17.8 Å². The highest BCUT2D eigenvalue weighted by molar-refractivity contribution is 6.32. The van der Waals surface area contributed by atoms with E-state index in [1.54, 1.807) is 43.3 Å². The highest BCUT2D eigenvalue weighted by atomic mass is 35.5. The van der Waals surface area contributed by atoms with Crippen LogP contribution >= 0.6 is 11.6 Å². The number of anilines is 1. The second-order valence-electron chi connectivity index (χ2n) is 8.94. The van der Waals surface area contributed by atoms with Crippen molar-refractivity contribution in [1.82, 2.24) is 0 Å². The third kappa shape index (κ3) is 6.90. The minimum atomic E-state index is -4.94. The Bertz CT molecular complexity index is 1790. The summed E-state index contributed by atoms with van der Waals surface area (Å²) in [4.78, 5) is 36.8. The number of rotatable bonds is 7. The van der Waals surface area contributed by atoms with E-state index in [0.29, 0.717) is 32.7 Å². The van der Waals surface area contributed by atoms with Crippen LogP contribution in [0.3, 0.4) is 0 Å². The number of hydrogen-bond acceptors (Lipinski definition) is 4. The summed E-state index contributed by atoms with van der Waals surface area (Å²) in [7, 11) is 0. The van der Waals surface area contributed by atoms with Crippen LogP contribution in [0.4, 0.5) is 23.2 Å². The number of carbonyl (C=O) groups is 2. The Morgan fingerprint density at radius 1 is 1.07 bits per heavy atom. The standard InChI is InChI=1S/C30H20ClF4NO5/c1-16-11-20-25(15-23(16)31)41-29(40)21(14-26(37)36-24-10-9-19(32)13-22(24)30(33,34)35)28(20)18-7-4-6-17(12-18)5-2-3-8-27(38)39/h2-13,15H,14H2,1H3,(H,36,37)(H,38,39)/b5-2+,8-3+. The van der Waals surface area contributed by atoms with Crippen molar-refractivity contribution >= 4 is 46.2 Å². The molecule has 0 aliphatic rings. The van der Waals surface area contributed by atoms with Crippen molar-refractivity contribution in [2.24, 2.45) is 0 Å². The second-order valence-corrected chi connectivity index (χ2v) is 9.34. The number of carboxylic acid groups (broad SMARTS) is 1. The van der Waals surface area contributed by atoms with Crippen LogP contribution in [-0.2, 0) is 22.2 Å². The van der Waals surface area contributed by atoms with Crippen LogP contribution in [0.1, 0.15) is 22.3 Å². The van der Waals surface area contributed by atoms with Crippen molar-refractivity contribution in [3.8, 4) is 11.1 Å². The van der Waals surface area contributed by atoms with Gasteiger partial charge < -0.3 is 14.8 Å². The summed E-state index contributed by atoms with van der Waals surface area (Å²) >= 11 is 6.23. The number of halogens is 5. The lowest BCUT2D eigenvalue weighted by Crippen LogP contribution is -2.22. The van der Waals surface area contributed by atoms with Gasteiger partial charge in [-0.1, -0.05) is 48.0 Å². The highest BCUT2D eigenvalue weighted by Gasteiger charge is 2.34. The molecule has 210 valence electrons. The zero-order valence-electron chi connectivity index (χ0n) is 21.2. The smallest absolute Gasteiger partial charge is 0.418 e. The monoisotopic (exact) mass is 585 g/mol. The Labute approximate surface area is 235 Å². The van der Waals surface area contributed by atoms with Gasteiger partial charge in [-0.2, -0.15) is 13.2 Å². The van der Waals surface area contributed by atoms with Crippen molar-refractivity contribution in [3.63, 3.8) is 0 Å². The third-order valence-electron chi connectivity index (χ3n) is 5.99. The minimum Gasteiger partial charge on any atom is -0.478 e. The third-order valence-corrected chi connectivity index (χ3v) is 6.40. The van der Waals surface area contributed by atoms with E-state index >= 15 is 0 Å². The summed E-state index contributed by atoms with van der Waals surface area (Å²) in [5.74, 6) is -3.21. The van der Waals surface area contributed by atoms with Gasteiger partial charge in [0, 0.05) is 28.1 Å². The number of fused-ring (bicyclic) bond motifs is 1. The molecule has 0 aliphatic heterocycles. The van der Waals surface area contributed by atoms with Gasteiger partial charge in [-0.25, -0.2) is 14.0 Å². The number of amides is 1. The molecule has 41 heavy (non-hydrogen) atoms. The van der Waals surface area contributed by atoms with Gasteiger partial charge in [0.05, 0.1) is 23.2 Å². The summed E-state index contributed by atoms with van der Waals surface area (Å²) in [6.07, 6.45) is -0.200. The zero-order chi connectivity index (χ0) is 29.9. The fourth-order valence-electron chi connectivity index (χ4n) is 4.18. The van der Waals surface area contributed by atoms with Gasteiger partial charge in [0.2, 0.25) is 5.91 Å². The SMILES string of the molecule is Cc1cc2c(-c3cccc(/C=C/C=C/C(=O)O)c3)c(CC(=O)Nc3ccc(F)cc3C(F)(F)F)c(=O)oc2cc1Cl. The molecule has 1 aromatic heterocycles. The Hall–Kier alpha value is -4.70. The van der Waals surface area contributed by atoms with E-state index in [1.165, 1.54) is 18.2 Å². The summed E-state index contributed by atoms with van der Waals surface area (Å²) in [5, 5.41) is 11.6. The van der Waals surface area contributed by atoms with Crippen LogP contribution in [0.15, 0.2) is 82.0 Å². The van der Waals surface area contributed by atoms with Crippen molar-refractivity contribution < 1.29 is 36.7 Å². The molecular weight excluding hydrogens is 566 g/mol. The molecule has 6 nitrogen and oxygen atoms in total. The lowest BCUT2D eigenvalue weighted by atomic mass is 9.93. The van der Waals surface area contributed by atoms with Crippen LogP contribution in [-0.4, -0.2) is 17.0 Å². The maximum Gasteiger partial charge on any atom is 0.418 e. The number of alkyl halides is 3. The first-order valence-corrected chi connectivity index (χ1v) is 12.3. The van der Waals surface area contributed by atoms with E-state index in [2.05, 4.69) is 5.32 Å². The molecule has 0 unspecified atom stereocenters. The summed E-state index contributed by atoms with van der Waals surface area (Å²) in [5.41, 5.74) is -0.887. The lowest BCUT2D eigenvalue weighted by molar-refractivity contribution is -0.137. The van der Waals surface area contributed by atoms with Crippen molar-refractivity contribution in [2.45, 2.75) is 19.5 Å². The van der Waals surface area contributed by atoms with Gasteiger partial charge in [0.1, 0.15) is 11.4 Å². The van der Waals surface area contributed by atoms with E-state index in [-0.39, 0.29) is 17.2 Å². The molecule has 3 aromatic carbocycles. The number of allylic oxidation sites excluding steroid dienone is 2. The van der Waals surface area contributed by atoms with Gasteiger partial charge in [-0.3, -0.25) is 4.79 Å². The van der Waals surface area contributed by atoms with Crippen molar-refractivity contribution in [3.05, 3.63) is 116 Å². The first kappa shape index (κ1) is 29.3. The molecule has 0 aliphatic carbocycles. The molecule has 0 saturated heterocycles. The van der Waals surface area contributed by atoms with Crippen LogP contribution < -0.4 is 10.9 Å². The molecule has 1 heterocycles. The lowest BCUT2D eigenvalue weighted by Gasteiger charge is -2.16. The zero-order valence-corrected chi connectivity index (χ0v) is 21.9. The van der Waals surface area contributed by atoms with E-state index in [1.807, 2.05) is 0 Å². The molecular formula is C30H20ClF4NO5. The van der Waals surface area contributed by atoms with Crippen molar-refractivity contribution in [2.75, 3.05) is 5.32 Å².